The maximum atomic E-state index is 10.6. The van der Waals surface area contributed by atoms with Gasteiger partial charge < -0.3 is 11.5 Å². The van der Waals surface area contributed by atoms with Crippen LogP contribution < -0.4 is 11.5 Å². The average molecular weight is 167 g/mol. The van der Waals surface area contributed by atoms with Gasteiger partial charge in [-0.15, -0.1) is 9.05 Å². The number of hydrogen-bond donors (Lipinski definition) is 2. The normalized spacial score (nSPS) is 9.80. The standard InChI is InChI=1S/C4H12N2O3P/c5-1-3-8-10(7)9-4-2-6/h1-6H2/q+1. The van der Waals surface area contributed by atoms with Crippen LogP contribution in [0.5, 0.6) is 0 Å². The molecule has 0 aromatic heterocycles. The second-order valence-electron chi connectivity index (χ2n) is 1.47. The molecule has 0 radical (unpaired) electrons. The van der Waals surface area contributed by atoms with Crippen LogP contribution in [0.25, 0.3) is 0 Å². The lowest BCUT2D eigenvalue weighted by molar-refractivity contribution is 0.234. The van der Waals surface area contributed by atoms with Crippen LogP contribution in [0.1, 0.15) is 0 Å². The highest BCUT2D eigenvalue weighted by Gasteiger charge is 2.17. The van der Waals surface area contributed by atoms with Gasteiger partial charge in [-0.05, 0) is 0 Å². The van der Waals surface area contributed by atoms with Gasteiger partial charge in [-0.2, -0.15) is 0 Å². The smallest absolute Gasteiger partial charge is 0.328 e. The van der Waals surface area contributed by atoms with Gasteiger partial charge in [0.15, 0.2) is 0 Å². The number of rotatable bonds is 6. The van der Waals surface area contributed by atoms with Crippen molar-refractivity contribution in [3.05, 3.63) is 0 Å². The molecule has 0 bridgehead atoms. The van der Waals surface area contributed by atoms with Crippen LogP contribution >= 0.6 is 8.25 Å². The third kappa shape index (κ3) is 6.07. The topological polar surface area (TPSA) is 87.6 Å². The minimum atomic E-state index is -2.00. The molecule has 0 aliphatic carbocycles. The monoisotopic (exact) mass is 167 g/mol. The van der Waals surface area contributed by atoms with Crippen molar-refractivity contribution in [3.63, 3.8) is 0 Å². The summed E-state index contributed by atoms with van der Waals surface area (Å²) in [4.78, 5) is 0. The molecule has 60 valence electrons. The zero-order valence-corrected chi connectivity index (χ0v) is 6.55. The van der Waals surface area contributed by atoms with Crippen LogP contribution in [-0.2, 0) is 13.6 Å². The summed E-state index contributed by atoms with van der Waals surface area (Å²) in [5.74, 6) is 0. The summed E-state index contributed by atoms with van der Waals surface area (Å²) >= 11 is 0. The highest BCUT2D eigenvalue weighted by atomic mass is 31.1. The average Bonchev–Trinajstić information content (AvgIpc) is 1.97. The lowest BCUT2D eigenvalue weighted by atomic mass is 10.8. The van der Waals surface area contributed by atoms with E-state index in [1.165, 1.54) is 0 Å². The molecule has 0 atom stereocenters. The summed E-state index contributed by atoms with van der Waals surface area (Å²) in [6.45, 7) is 1.18. The molecule has 0 aliphatic heterocycles. The second-order valence-corrected chi connectivity index (χ2v) is 2.43. The molecule has 0 aromatic rings. The molecular formula is C4H12N2O3P+. The zero-order valence-electron chi connectivity index (χ0n) is 5.66. The fourth-order valence-electron chi connectivity index (χ4n) is 0.292. The summed E-state index contributed by atoms with van der Waals surface area (Å²) in [5.41, 5.74) is 10.1. The molecule has 0 spiro atoms. The third-order valence-electron chi connectivity index (χ3n) is 0.629. The van der Waals surface area contributed by atoms with E-state index in [-0.39, 0.29) is 13.2 Å². The SMILES string of the molecule is NCCO[P+](=O)OCCN. The Labute approximate surface area is 60.6 Å². The molecule has 0 unspecified atom stereocenters. The van der Waals surface area contributed by atoms with Crippen molar-refractivity contribution in [2.24, 2.45) is 11.5 Å². The summed E-state index contributed by atoms with van der Waals surface area (Å²) in [6, 6.07) is 0. The van der Waals surface area contributed by atoms with Crippen molar-refractivity contribution < 1.29 is 13.6 Å². The minimum Gasteiger partial charge on any atom is -0.328 e. The van der Waals surface area contributed by atoms with Crippen molar-refractivity contribution in [3.8, 4) is 0 Å². The highest BCUT2D eigenvalue weighted by molar-refractivity contribution is 7.33. The molecule has 10 heavy (non-hydrogen) atoms. The highest BCUT2D eigenvalue weighted by Crippen LogP contribution is 2.21. The van der Waals surface area contributed by atoms with E-state index in [0.29, 0.717) is 13.1 Å². The Morgan fingerprint density at radius 1 is 1.10 bits per heavy atom. The van der Waals surface area contributed by atoms with Gasteiger partial charge >= 0.3 is 8.25 Å². The van der Waals surface area contributed by atoms with E-state index in [4.69, 9.17) is 11.5 Å². The van der Waals surface area contributed by atoms with E-state index < -0.39 is 8.25 Å². The van der Waals surface area contributed by atoms with Gasteiger partial charge in [-0.3, -0.25) is 0 Å². The van der Waals surface area contributed by atoms with Gasteiger partial charge in [0.1, 0.15) is 13.2 Å². The van der Waals surface area contributed by atoms with E-state index in [1.54, 1.807) is 0 Å². The fourth-order valence-corrected chi connectivity index (χ4v) is 0.875. The molecule has 0 fully saturated rings. The first kappa shape index (κ1) is 9.94. The zero-order chi connectivity index (χ0) is 7.82. The van der Waals surface area contributed by atoms with Crippen LogP contribution in [0.3, 0.4) is 0 Å². The van der Waals surface area contributed by atoms with Gasteiger partial charge in [0.25, 0.3) is 0 Å². The van der Waals surface area contributed by atoms with Crippen molar-refractivity contribution in [1.29, 1.82) is 0 Å². The van der Waals surface area contributed by atoms with Crippen molar-refractivity contribution in [2.75, 3.05) is 26.3 Å². The van der Waals surface area contributed by atoms with Gasteiger partial charge in [0.2, 0.25) is 0 Å². The Hall–Kier alpha value is -0.0600. The van der Waals surface area contributed by atoms with E-state index in [1.807, 2.05) is 0 Å². The van der Waals surface area contributed by atoms with Gasteiger partial charge in [0.05, 0.1) is 0 Å². The van der Waals surface area contributed by atoms with Crippen LogP contribution in [0, 0.1) is 0 Å². The van der Waals surface area contributed by atoms with Gasteiger partial charge in [-0.1, -0.05) is 0 Å². The van der Waals surface area contributed by atoms with E-state index >= 15 is 0 Å². The lowest BCUT2D eigenvalue weighted by Crippen LogP contribution is -2.08. The van der Waals surface area contributed by atoms with Crippen molar-refractivity contribution in [2.45, 2.75) is 0 Å². The maximum Gasteiger partial charge on any atom is 0.697 e. The maximum absolute atomic E-state index is 10.6. The molecular weight excluding hydrogens is 155 g/mol. The number of hydrogen-bond acceptors (Lipinski definition) is 5. The van der Waals surface area contributed by atoms with Gasteiger partial charge in [-0.25, -0.2) is 0 Å². The quantitative estimate of drug-likeness (QED) is 0.525. The number of nitrogens with two attached hydrogens (primary N) is 2. The molecule has 4 N–H and O–H groups in total. The Morgan fingerprint density at radius 2 is 1.50 bits per heavy atom. The summed E-state index contributed by atoms with van der Waals surface area (Å²) in [6.07, 6.45) is 0. The Kier molecular flexibility index (Phi) is 7.01. The van der Waals surface area contributed by atoms with Crippen molar-refractivity contribution in [1.82, 2.24) is 0 Å². The fraction of sp³-hybridized carbons (Fsp3) is 1.00. The van der Waals surface area contributed by atoms with Gasteiger partial charge in [0, 0.05) is 17.7 Å². The van der Waals surface area contributed by atoms with Crippen LogP contribution in [0.15, 0.2) is 0 Å². The predicted octanol–water partition coefficient (Wildman–Crippen LogP) is -0.406. The van der Waals surface area contributed by atoms with Crippen LogP contribution in [-0.4, -0.2) is 26.3 Å². The predicted molar refractivity (Wildman–Crippen MR) is 37.6 cm³/mol. The molecule has 5 nitrogen and oxygen atoms in total. The summed E-state index contributed by atoms with van der Waals surface area (Å²) < 4.78 is 19.8. The van der Waals surface area contributed by atoms with E-state index in [0.717, 1.165) is 0 Å². The second kappa shape index (κ2) is 7.05. The van der Waals surface area contributed by atoms with Crippen LogP contribution in [0.4, 0.5) is 0 Å². The molecule has 0 saturated carbocycles. The Morgan fingerprint density at radius 3 is 1.80 bits per heavy atom. The molecule has 0 rings (SSSR count). The van der Waals surface area contributed by atoms with Crippen molar-refractivity contribution >= 4 is 8.25 Å². The third-order valence-corrected chi connectivity index (χ3v) is 1.42. The molecule has 6 heteroatoms. The molecule has 0 aliphatic rings. The lowest BCUT2D eigenvalue weighted by Gasteiger charge is -1.86. The van der Waals surface area contributed by atoms with E-state index in [2.05, 4.69) is 9.05 Å². The first-order valence-corrected chi connectivity index (χ1v) is 4.04. The first-order valence-electron chi connectivity index (χ1n) is 2.94. The minimum absolute atomic E-state index is 0.250. The van der Waals surface area contributed by atoms with E-state index in [9.17, 15) is 4.57 Å². The van der Waals surface area contributed by atoms with Crippen LogP contribution in [0.2, 0.25) is 0 Å². The molecule has 0 aromatic carbocycles. The Balaban J connectivity index is 3.09. The largest absolute Gasteiger partial charge is 0.697 e. The summed E-state index contributed by atoms with van der Waals surface area (Å²) in [5, 5.41) is 0. The molecule has 0 heterocycles. The molecule has 0 amide bonds. The molecule has 0 saturated heterocycles. The Bertz CT molecular complexity index is 90.5. The first-order chi connectivity index (χ1) is 4.81. The summed E-state index contributed by atoms with van der Waals surface area (Å²) in [7, 11) is -2.00.